The molecule has 86 valence electrons. The molecule has 17 heavy (non-hydrogen) atoms. The van der Waals surface area contributed by atoms with Gasteiger partial charge in [0.25, 0.3) is 0 Å². The second kappa shape index (κ2) is 4.14. The Labute approximate surface area is 102 Å². The van der Waals surface area contributed by atoms with Crippen LogP contribution in [0.1, 0.15) is 9.88 Å². The van der Waals surface area contributed by atoms with Crippen molar-refractivity contribution in [3.05, 3.63) is 40.6 Å². The number of hydrogen-bond donors (Lipinski definition) is 1. The summed E-state index contributed by atoms with van der Waals surface area (Å²) >= 11 is 1.69. The van der Waals surface area contributed by atoms with Gasteiger partial charge >= 0.3 is 0 Å². The molecule has 0 aliphatic carbocycles. The van der Waals surface area contributed by atoms with E-state index >= 15 is 0 Å². The third kappa shape index (κ3) is 2.12. The van der Waals surface area contributed by atoms with Crippen LogP contribution in [-0.2, 0) is 6.54 Å². The summed E-state index contributed by atoms with van der Waals surface area (Å²) in [6.45, 7) is 2.76. The number of rotatable bonds is 3. The van der Waals surface area contributed by atoms with E-state index in [0.29, 0.717) is 6.54 Å². The van der Waals surface area contributed by atoms with Gasteiger partial charge in [0.15, 0.2) is 5.65 Å². The largest absolute Gasteiger partial charge is 0.363 e. The summed E-state index contributed by atoms with van der Waals surface area (Å²) in [5.41, 5.74) is 0.838. The quantitative estimate of drug-likeness (QED) is 0.767. The van der Waals surface area contributed by atoms with Crippen LogP contribution in [0.5, 0.6) is 0 Å². The lowest BCUT2D eigenvalue weighted by atomic mass is 10.5. The number of anilines is 1. The van der Waals surface area contributed by atoms with E-state index in [-0.39, 0.29) is 0 Å². The van der Waals surface area contributed by atoms with Crippen LogP contribution in [0.3, 0.4) is 0 Å². The minimum Gasteiger partial charge on any atom is -0.363 e. The van der Waals surface area contributed by atoms with Crippen LogP contribution in [0.25, 0.3) is 5.65 Å². The first-order valence-corrected chi connectivity index (χ1v) is 6.08. The highest BCUT2D eigenvalue weighted by Gasteiger charge is 2.01. The zero-order valence-electron chi connectivity index (χ0n) is 9.29. The van der Waals surface area contributed by atoms with Gasteiger partial charge in [0.05, 0.1) is 12.7 Å². The molecule has 0 spiro atoms. The van der Waals surface area contributed by atoms with Gasteiger partial charge in [0.1, 0.15) is 10.8 Å². The molecule has 3 aromatic heterocycles. The standard InChI is InChI=1S/C11H11N5S/c1-8-6-13-11(17-8)7-12-9-3-5-16-10(15-9)2-4-14-16/h2-6H,7H2,1H3,(H,12,15). The summed E-state index contributed by atoms with van der Waals surface area (Å²) in [5.74, 6) is 0.839. The summed E-state index contributed by atoms with van der Waals surface area (Å²) < 4.78 is 1.73. The van der Waals surface area contributed by atoms with E-state index in [9.17, 15) is 0 Å². The molecule has 3 aromatic rings. The Morgan fingerprint density at radius 2 is 2.35 bits per heavy atom. The van der Waals surface area contributed by atoms with Gasteiger partial charge in [-0.25, -0.2) is 14.5 Å². The summed E-state index contributed by atoms with van der Waals surface area (Å²) in [6, 6.07) is 3.78. The molecule has 0 bridgehead atoms. The highest BCUT2D eigenvalue weighted by molar-refractivity contribution is 7.11. The van der Waals surface area contributed by atoms with E-state index in [2.05, 4.69) is 27.3 Å². The summed E-state index contributed by atoms with van der Waals surface area (Å²) in [6.07, 6.45) is 5.50. The van der Waals surface area contributed by atoms with Crippen LogP contribution in [-0.4, -0.2) is 19.6 Å². The van der Waals surface area contributed by atoms with Gasteiger partial charge in [0.2, 0.25) is 0 Å². The smallest absolute Gasteiger partial charge is 0.157 e. The van der Waals surface area contributed by atoms with Crippen LogP contribution in [0, 0.1) is 6.92 Å². The number of nitrogens with zero attached hydrogens (tertiary/aromatic N) is 4. The van der Waals surface area contributed by atoms with Gasteiger partial charge in [-0.15, -0.1) is 11.3 Å². The molecule has 0 atom stereocenters. The molecule has 3 rings (SSSR count). The maximum Gasteiger partial charge on any atom is 0.157 e. The van der Waals surface area contributed by atoms with Gasteiger partial charge < -0.3 is 5.32 Å². The number of nitrogens with one attached hydrogen (secondary N) is 1. The lowest BCUT2D eigenvalue weighted by Gasteiger charge is -2.03. The van der Waals surface area contributed by atoms with Crippen LogP contribution >= 0.6 is 11.3 Å². The Morgan fingerprint density at radius 3 is 3.18 bits per heavy atom. The average molecular weight is 245 g/mol. The van der Waals surface area contributed by atoms with E-state index in [0.717, 1.165) is 16.5 Å². The first-order valence-electron chi connectivity index (χ1n) is 5.27. The molecule has 0 saturated heterocycles. The summed E-state index contributed by atoms with van der Waals surface area (Å²) in [5, 5.41) is 8.42. The van der Waals surface area contributed by atoms with E-state index < -0.39 is 0 Å². The fourth-order valence-electron chi connectivity index (χ4n) is 1.56. The van der Waals surface area contributed by atoms with Crippen molar-refractivity contribution in [2.24, 2.45) is 0 Å². The average Bonchev–Trinajstić information content (AvgIpc) is 2.94. The molecule has 0 unspecified atom stereocenters. The van der Waals surface area contributed by atoms with Crippen molar-refractivity contribution in [3.8, 4) is 0 Å². The third-order valence-corrected chi connectivity index (χ3v) is 3.26. The summed E-state index contributed by atoms with van der Waals surface area (Å²) in [7, 11) is 0. The topological polar surface area (TPSA) is 55.1 Å². The molecule has 1 N–H and O–H groups in total. The maximum atomic E-state index is 4.42. The van der Waals surface area contributed by atoms with E-state index in [1.165, 1.54) is 4.88 Å². The molecular weight excluding hydrogens is 234 g/mol. The van der Waals surface area contributed by atoms with Crippen molar-refractivity contribution in [1.29, 1.82) is 0 Å². The SMILES string of the molecule is Cc1cnc(CNc2ccn3nccc3n2)s1. The van der Waals surface area contributed by atoms with Crippen molar-refractivity contribution in [2.75, 3.05) is 5.32 Å². The molecule has 3 heterocycles. The number of aromatic nitrogens is 4. The van der Waals surface area contributed by atoms with Gasteiger partial charge in [-0.2, -0.15) is 5.10 Å². The highest BCUT2D eigenvalue weighted by Crippen LogP contribution is 2.13. The minimum atomic E-state index is 0.704. The van der Waals surface area contributed by atoms with Gasteiger partial charge in [0, 0.05) is 23.3 Å². The number of fused-ring (bicyclic) bond motifs is 1. The minimum absolute atomic E-state index is 0.704. The second-order valence-corrected chi connectivity index (χ2v) is 4.98. The number of aryl methyl sites for hydroxylation is 1. The third-order valence-electron chi connectivity index (χ3n) is 2.35. The first-order chi connectivity index (χ1) is 8.31. The van der Waals surface area contributed by atoms with Crippen molar-refractivity contribution in [1.82, 2.24) is 19.6 Å². The Bertz CT molecular complexity index is 642. The molecule has 0 saturated carbocycles. The van der Waals surface area contributed by atoms with Crippen molar-refractivity contribution < 1.29 is 0 Å². The van der Waals surface area contributed by atoms with Crippen LogP contribution in [0.15, 0.2) is 30.7 Å². The lowest BCUT2D eigenvalue weighted by molar-refractivity contribution is 0.936. The van der Waals surface area contributed by atoms with Crippen molar-refractivity contribution in [2.45, 2.75) is 13.5 Å². The molecule has 0 amide bonds. The number of hydrogen-bond acceptors (Lipinski definition) is 5. The van der Waals surface area contributed by atoms with E-state index in [4.69, 9.17) is 0 Å². The number of thiazole rings is 1. The summed E-state index contributed by atoms with van der Waals surface area (Å²) in [4.78, 5) is 9.94. The van der Waals surface area contributed by atoms with Gasteiger partial charge in [-0.3, -0.25) is 0 Å². The highest BCUT2D eigenvalue weighted by atomic mass is 32.1. The molecule has 6 heteroatoms. The molecule has 0 aliphatic rings. The van der Waals surface area contributed by atoms with E-state index in [1.807, 2.05) is 24.5 Å². The van der Waals surface area contributed by atoms with Crippen molar-refractivity contribution in [3.63, 3.8) is 0 Å². The maximum absolute atomic E-state index is 4.42. The Hall–Kier alpha value is -1.95. The molecule has 5 nitrogen and oxygen atoms in total. The normalized spacial score (nSPS) is 10.9. The van der Waals surface area contributed by atoms with E-state index in [1.54, 1.807) is 22.0 Å². The van der Waals surface area contributed by atoms with Crippen LogP contribution in [0.2, 0.25) is 0 Å². The molecular formula is C11H11N5S. The van der Waals surface area contributed by atoms with Gasteiger partial charge in [-0.1, -0.05) is 0 Å². The molecule has 0 fully saturated rings. The zero-order chi connectivity index (χ0) is 11.7. The fraction of sp³-hybridized carbons (Fsp3) is 0.182. The molecule has 0 aromatic carbocycles. The fourth-order valence-corrected chi connectivity index (χ4v) is 2.29. The zero-order valence-corrected chi connectivity index (χ0v) is 10.1. The lowest BCUT2D eigenvalue weighted by Crippen LogP contribution is -2.02. The van der Waals surface area contributed by atoms with Crippen LogP contribution < -0.4 is 5.32 Å². The monoisotopic (exact) mass is 245 g/mol. The molecule has 0 radical (unpaired) electrons. The Morgan fingerprint density at radius 1 is 1.41 bits per heavy atom. The van der Waals surface area contributed by atoms with Crippen LogP contribution in [0.4, 0.5) is 5.82 Å². The first kappa shape index (κ1) is 10.2. The second-order valence-electron chi connectivity index (χ2n) is 3.66. The Kier molecular flexibility index (Phi) is 2.49. The van der Waals surface area contributed by atoms with Gasteiger partial charge in [-0.05, 0) is 13.0 Å². The predicted octanol–water partition coefficient (Wildman–Crippen LogP) is 2.11. The molecule has 0 aliphatic heterocycles. The Balaban J connectivity index is 1.76. The van der Waals surface area contributed by atoms with Crippen molar-refractivity contribution >= 4 is 22.8 Å². The predicted molar refractivity (Wildman–Crippen MR) is 67.2 cm³/mol.